The SMILES string of the molecule is CCNC(c1ccccc1)C(CC)N1CCC(CC)CC1. The molecule has 21 heavy (non-hydrogen) atoms. The Labute approximate surface area is 130 Å². The van der Waals surface area contributed by atoms with Crippen LogP contribution >= 0.6 is 0 Å². The monoisotopic (exact) mass is 288 g/mol. The van der Waals surface area contributed by atoms with Crippen LogP contribution in [0.15, 0.2) is 30.3 Å². The van der Waals surface area contributed by atoms with Gasteiger partial charge in [0, 0.05) is 12.1 Å². The zero-order chi connectivity index (χ0) is 15.1. The maximum absolute atomic E-state index is 3.73. The zero-order valence-corrected chi connectivity index (χ0v) is 14.0. The molecule has 0 aromatic heterocycles. The van der Waals surface area contributed by atoms with E-state index in [1.165, 1.54) is 44.3 Å². The Morgan fingerprint density at radius 3 is 2.29 bits per heavy atom. The maximum Gasteiger partial charge on any atom is 0.0477 e. The predicted molar refractivity (Wildman–Crippen MR) is 91.5 cm³/mol. The zero-order valence-electron chi connectivity index (χ0n) is 14.0. The molecule has 2 unspecified atom stereocenters. The van der Waals surface area contributed by atoms with Crippen LogP contribution in [0.25, 0.3) is 0 Å². The number of likely N-dealkylation sites (N-methyl/N-ethyl adjacent to an activating group) is 1. The molecule has 0 spiro atoms. The molecule has 1 heterocycles. The van der Waals surface area contributed by atoms with Crippen LogP contribution in [0.1, 0.15) is 58.1 Å². The first kappa shape index (κ1) is 16.5. The summed E-state index contributed by atoms with van der Waals surface area (Å²) in [6.07, 6.45) is 5.31. The smallest absolute Gasteiger partial charge is 0.0477 e. The molecule has 1 fully saturated rings. The molecule has 2 atom stereocenters. The summed E-state index contributed by atoms with van der Waals surface area (Å²) in [5.41, 5.74) is 1.43. The van der Waals surface area contributed by atoms with Crippen LogP contribution < -0.4 is 5.32 Å². The summed E-state index contributed by atoms with van der Waals surface area (Å²) in [7, 11) is 0. The second kappa shape index (κ2) is 8.55. The molecule has 1 saturated heterocycles. The lowest BCUT2D eigenvalue weighted by atomic mass is 9.90. The van der Waals surface area contributed by atoms with Crippen molar-refractivity contribution in [3.8, 4) is 0 Å². The van der Waals surface area contributed by atoms with Crippen molar-refractivity contribution in [1.82, 2.24) is 10.2 Å². The average molecular weight is 288 g/mol. The van der Waals surface area contributed by atoms with Crippen molar-refractivity contribution in [2.75, 3.05) is 19.6 Å². The van der Waals surface area contributed by atoms with Crippen molar-refractivity contribution in [3.63, 3.8) is 0 Å². The average Bonchev–Trinajstić information content (AvgIpc) is 2.56. The second-order valence-electron chi connectivity index (χ2n) is 6.31. The minimum atomic E-state index is 0.458. The van der Waals surface area contributed by atoms with E-state index in [1.807, 2.05) is 0 Å². The topological polar surface area (TPSA) is 15.3 Å². The maximum atomic E-state index is 3.73. The van der Waals surface area contributed by atoms with E-state index < -0.39 is 0 Å². The minimum absolute atomic E-state index is 0.458. The Morgan fingerprint density at radius 1 is 1.10 bits per heavy atom. The van der Waals surface area contributed by atoms with Gasteiger partial charge in [0.25, 0.3) is 0 Å². The molecule has 0 aliphatic carbocycles. The number of likely N-dealkylation sites (tertiary alicyclic amines) is 1. The van der Waals surface area contributed by atoms with Gasteiger partial charge in [0.1, 0.15) is 0 Å². The summed E-state index contributed by atoms with van der Waals surface area (Å²) in [6.45, 7) is 10.5. The van der Waals surface area contributed by atoms with Crippen LogP contribution in [0, 0.1) is 5.92 Å². The summed E-state index contributed by atoms with van der Waals surface area (Å²) in [5.74, 6) is 0.952. The Balaban J connectivity index is 2.09. The quantitative estimate of drug-likeness (QED) is 0.807. The third kappa shape index (κ3) is 4.31. The molecular weight excluding hydrogens is 256 g/mol. The van der Waals surface area contributed by atoms with Crippen molar-refractivity contribution in [2.24, 2.45) is 5.92 Å². The van der Waals surface area contributed by atoms with E-state index >= 15 is 0 Å². The summed E-state index contributed by atoms with van der Waals surface area (Å²) in [6, 6.07) is 12.1. The normalized spacial score (nSPS) is 20.3. The lowest BCUT2D eigenvalue weighted by Crippen LogP contribution is -2.47. The van der Waals surface area contributed by atoms with E-state index in [0.29, 0.717) is 12.1 Å². The summed E-state index contributed by atoms with van der Waals surface area (Å²) in [4.78, 5) is 2.73. The number of benzene rings is 1. The van der Waals surface area contributed by atoms with Gasteiger partial charge in [0.15, 0.2) is 0 Å². The highest BCUT2D eigenvalue weighted by molar-refractivity contribution is 5.20. The molecule has 0 amide bonds. The van der Waals surface area contributed by atoms with Crippen LogP contribution in [0.3, 0.4) is 0 Å². The first-order chi connectivity index (χ1) is 10.3. The van der Waals surface area contributed by atoms with Gasteiger partial charge in [0.2, 0.25) is 0 Å². The lowest BCUT2D eigenvalue weighted by molar-refractivity contribution is 0.102. The molecular formula is C19H32N2. The standard InChI is InChI=1S/C19H32N2/c1-4-16-12-14-21(15-13-16)18(5-2)19(20-6-3)17-10-8-7-9-11-17/h7-11,16,18-20H,4-6,12-15H2,1-3H3. The van der Waals surface area contributed by atoms with Crippen molar-refractivity contribution in [2.45, 2.75) is 58.5 Å². The Kier molecular flexibility index (Phi) is 6.72. The minimum Gasteiger partial charge on any atom is -0.309 e. The number of rotatable bonds is 7. The van der Waals surface area contributed by atoms with Gasteiger partial charge in [0.05, 0.1) is 0 Å². The molecule has 1 aromatic carbocycles. The fraction of sp³-hybridized carbons (Fsp3) is 0.684. The van der Waals surface area contributed by atoms with Crippen molar-refractivity contribution >= 4 is 0 Å². The molecule has 2 rings (SSSR count). The van der Waals surface area contributed by atoms with Gasteiger partial charge in [-0.3, -0.25) is 4.90 Å². The fourth-order valence-electron chi connectivity index (χ4n) is 3.75. The highest BCUT2D eigenvalue weighted by atomic mass is 15.2. The first-order valence-corrected chi connectivity index (χ1v) is 8.82. The number of nitrogens with one attached hydrogen (secondary N) is 1. The molecule has 1 aliphatic heterocycles. The number of hydrogen-bond acceptors (Lipinski definition) is 2. The number of piperidine rings is 1. The van der Waals surface area contributed by atoms with Gasteiger partial charge < -0.3 is 5.32 Å². The molecule has 118 valence electrons. The van der Waals surface area contributed by atoms with E-state index in [9.17, 15) is 0 Å². The Morgan fingerprint density at radius 2 is 1.76 bits per heavy atom. The van der Waals surface area contributed by atoms with Crippen LogP contribution in [-0.4, -0.2) is 30.6 Å². The summed E-state index contributed by atoms with van der Waals surface area (Å²) < 4.78 is 0. The van der Waals surface area contributed by atoms with E-state index in [2.05, 4.69) is 61.3 Å². The summed E-state index contributed by atoms with van der Waals surface area (Å²) in [5, 5.41) is 3.73. The van der Waals surface area contributed by atoms with Gasteiger partial charge >= 0.3 is 0 Å². The Bertz CT molecular complexity index is 382. The molecule has 1 N–H and O–H groups in total. The summed E-state index contributed by atoms with van der Waals surface area (Å²) >= 11 is 0. The molecule has 2 nitrogen and oxygen atoms in total. The lowest BCUT2D eigenvalue weighted by Gasteiger charge is -2.41. The fourth-order valence-corrected chi connectivity index (χ4v) is 3.75. The van der Waals surface area contributed by atoms with Crippen LogP contribution in [0.4, 0.5) is 0 Å². The van der Waals surface area contributed by atoms with E-state index in [4.69, 9.17) is 0 Å². The third-order valence-corrected chi connectivity index (χ3v) is 5.08. The molecule has 0 radical (unpaired) electrons. The van der Waals surface area contributed by atoms with Crippen molar-refractivity contribution in [3.05, 3.63) is 35.9 Å². The Hall–Kier alpha value is -0.860. The number of nitrogens with zero attached hydrogens (tertiary/aromatic N) is 1. The highest BCUT2D eigenvalue weighted by Gasteiger charge is 2.29. The molecule has 1 aliphatic rings. The van der Waals surface area contributed by atoms with Gasteiger partial charge in [-0.2, -0.15) is 0 Å². The molecule has 0 bridgehead atoms. The van der Waals surface area contributed by atoms with Gasteiger partial charge in [-0.25, -0.2) is 0 Å². The van der Waals surface area contributed by atoms with Gasteiger partial charge in [-0.05, 0) is 50.4 Å². The van der Waals surface area contributed by atoms with Crippen LogP contribution in [0.2, 0.25) is 0 Å². The van der Waals surface area contributed by atoms with Crippen molar-refractivity contribution < 1.29 is 0 Å². The predicted octanol–water partition coefficient (Wildman–Crippen LogP) is 4.24. The van der Waals surface area contributed by atoms with Gasteiger partial charge in [-0.1, -0.05) is 57.5 Å². The van der Waals surface area contributed by atoms with Gasteiger partial charge in [-0.15, -0.1) is 0 Å². The van der Waals surface area contributed by atoms with Crippen LogP contribution in [-0.2, 0) is 0 Å². The second-order valence-corrected chi connectivity index (χ2v) is 6.31. The van der Waals surface area contributed by atoms with E-state index in [-0.39, 0.29) is 0 Å². The first-order valence-electron chi connectivity index (χ1n) is 8.82. The third-order valence-electron chi connectivity index (χ3n) is 5.08. The molecule has 0 saturated carbocycles. The van der Waals surface area contributed by atoms with E-state index in [1.54, 1.807) is 0 Å². The molecule has 1 aromatic rings. The number of hydrogen-bond donors (Lipinski definition) is 1. The highest BCUT2D eigenvalue weighted by Crippen LogP contribution is 2.28. The van der Waals surface area contributed by atoms with Crippen molar-refractivity contribution in [1.29, 1.82) is 0 Å². The van der Waals surface area contributed by atoms with Crippen LogP contribution in [0.5, 0.6) is 0 Å². The van der Waals surface area contributed by atoms with E-state index in [0.717, 1.165) is 12.5 Å². The largest absolute Gasteiger partial charge is 0.309 e. The molecule has 2 heteroatoms.